The maximum Gasteiger partial charge on any atom is 0.269 e. The number of hydrogen-bond acceptors (Lipinski definition) is 8. The second-order valence-corrected chi connectivity index (χ2v) is 8.60. The fraction of sp³-hybridized carbons (Fsp3) is 0.0476. The van der Waals surface area contributed by atoms with E-state index in [0.29, 0.717) is 5.56 Å². The van der Waals surface area contributed by atoms with E-state index in [4.69, 9.17) is 0 Å². The summed E-state index contributed by atoms with van der Waals surface area (Å²) in [6, 6.07) is 17.5. The Morgan fingerprint density at radius 2 is 1.41 bits per heavy atom. The molecule has 3 rings (SSSR count). The quantitative estimate of drug-likeness (QED) is 0.277. The molecule has 1 amide bonds. The van der Waals surface area contributed by atoms with Gasteiger partial charge in [-0.1, -0.05) is 18.2 Å². The highest BCUT2D eigenvalue weighted by molar-refractivity contribution is 7.92. The van der Waals surface area contributed by atoms with Crippen LogP contribution in [0.1, 0.15) is 5.56 Å². The van der Waals surface area contributed by atoms with E-state index in [-0.39, 0.29) is 22.0 Å². The molecule has 0 aliphatic heterocycles. The lowest BCUT2D eigenvalue weighted by Gasteiger charge is -2.23. The molecule has 0 bridgehead atoms. The molecule has 0 aliphatic rings. The molecular weight excluding hydrogens is 466 g/mol. The summed E-state index contributed by atoms with van der Waals surface area (Å²) in [6.07, 6.45) is 1.24. The van der Waals surface area contributed by atoms with Gasteiger partial charge in [0.05, 0.1) is 26.6 Å². The van der Waals surface area contributed by atoms with Crippen LogP contribution in [-0.4, -0.2) is 36.9 Å². The summed E-state index contributed by atoms with van der Waals surface area (Å²) in [6.45, 7) is -0.660. The summed E-state index contributed by atoms with van der Waals surface area (Å²) in [5.41, 5.74) is 2.37. The van der Waals surface area contributed by atoms with Crippen LogP contribution in [0.15, 0.2) is 88.9 Å². The summed E-state index contributed by atoms with van der Waals surface area (Å²) in [4.78, 5) is 32.9. The van der Waals surface area contributed by atoms with Gasteiger partial charge in [-0.2, -0.15) is 5.10 Å². The molecule has 174 valence electrons. The van der Waals surface area contributed by atoms with Crippen molar-refractivity contribution in [2.75, 3.05) is 10.8 Å². The maximum atomic E-state index is 13.2. The number of rotatable bonds is 9. The number of carbonyl (C=O) groups is 1. The monoisotopic (exact) mass is 483 g/mol. The van der Waals surface area contributed by atoms with Crippen LogP contribution < -0.4 is 9.73 Å². The molecule has 0 fully saturated rings. The second kappa shape index (κ2) is 10.3. The number of non-ortho nitro benzene ring substituents is 2. The summed E-state index contributed by atoms with van der Waals surface area (Å²) in [5.74, 6) is -0.781. The fourth-order valence-electron chi connectivity index (χ4n) is 2.80. The highest BCUT2D eigenvalue weighted by atomic mass is 32.2. The average molecular weight is 483 g/mol. The Balaban J connectivity index is 1.81. The molecule has 1 N–H and O–H groups in total. The number of hydrogen-bond donors (Lipinski definition) is 1. The highest BCUT2D eigenvalue weighted by Crippen LogP contribution is 2.25. The number of benzene rings is 3. The Bertz CT molecular complexity index is 1330. The van der Waals surface area contributed by atoms with Crippen LogP contribution in [0.3, 0.4) is 0 Å². The van der Waals surface area contributed by atoms with Gasteiger partial charge in [0.2, 0.25) is 0 Å². The van der Waals surface area contributed by atoms with Crippen LogP contribution in [0.2, 0.25) is 0 Å². The lowest BCUT2D eigenvalue weighted by Crippen LogP contribution is -2.39. The minimum Gasteiger partial charge on any atom is -0.271 e. The molecule has 0 atom stereocenters. The lowest BCUT2D eigenvalue weighted by molar-refractivity contribution is -0.385. The van der Waals surface area contributed by atoms with Gasteiger partial charge < -0.3 is 0 Å². The molecule has 13 heteroatoms. The Morgan fingerprint density at radius 3 is 1.94 bits per heavy atom. The van der Waals surface area contributed by atoms with Crippen molar-refractivity contribution < 1.29 is 23.1 Å². The molecule has 0 aliphatic carbocycles. The fourth-order valence-corrected chi connectivity index (χ4v) is 4.24. The van der Waals surface area contributed by atoms with Gasteiger partial charge in [0.15, 0.2) is 0 Å². The van der Waals surface area contributed by atoms with Crippen molar-refractivity contribution in [2.45, 2.75) is 4.90 Å². The highest BCUT2D eigenvalue weighted by Gasteiger charge is 2.27. The number of carbonyl (C=O) groups excluding carboxylic acids is 1. The van der Waals surface area contributed by atoms with E-state index in [9.17, 15) is 33.4 Å². The molecule has 0 aromatic heterocycles. The van der Waals surface area contributed by atoms with Gasteiger partial charge in [0, 0.05) is 24.3 Å². The predicted octanol–water partition coefficient (Wildman–Crippen LogP) is 2.85. The number of nitro benzene ring substituents is 2. The van der Waals surface area contributed by atoms with Gasteiger partial charge in [-0.05, 0) is 42.0 Å². The first kappa shape index (κ1) is 24.0. The molecule has 0 radical (unpaired) electrons. The molecule has 0 saturated carbocycles. The van der Waals surface area contributed by atoms with Crippen molar-refractivity contribution in [2.24, 2.45) is 5.10 Å². The maximum absolute atomic E-state index is 13.2. The zero-order valence-electron chi connectivity index (χ0n) is 17.3. The second-order valence-electron chi connectivity index (χ2n) is 6.74. The van der Waals surface area contributed by atoms with Crippen molar-refractivity contribution in [3.63, 3.8) is 0 Å². The first-order chi connectivity index (χ1) is 16.2. The predicted molar refractivity (Wildman–Crippen MR) is 123 cm³/mol. The summed E-state index contributed by atoms with van der Waals surface area (Å²) < 4.78 is 27.2. The Morgan fingerprint density at radius 1 is 0.882 bits per heavy atom. The molecular formula is C21H17N5O7S. The van der Waals surface area contributed by atoms with E-state index >= 15 is 0 Å². The smallest absolute Gasteiger partial charge is 0.269 e. The third-order valence-electron chi connectivity index (χ3n) is 4.47. The van der Waals surface area contributed by atoms with E-state index in [2.05, 4.69) is 10.5 Å². The Kier molecular flexibility index (Phi) is 7.28. The Hall–Kier alpha value is -4.65. The standard InChI is InChI=1S/C21H17N5O7S/c27-21(23-22-14-16-6-8-18(9-7-16)25(28)29)15-24(17-10-12-19(13-11-17)26(30)31)34(32,33)20-4-2-1-3-5-20/h1-14H,15H2,(H,23,27)/b22-14-. The Labute approximate surface area is 193 Å². The number of hydrazone groups is 1. The minimum absolute atomic E-state index is 0.0453. The van der Waals surface area contributed by atoms with E-state index in [0.717, 1.165) is 16.4 Å². The van der Waals surface area contributed by atoms with Crippen molar-refractivity contribution in [1.82, 2.24) is 5.43 Å². The minimum atomic E-state index is -4.19. The molecule has 0 spiro atoms. The zero-order valence-corrected chi connectivity index (χ0v) is 18.2. The third kappa shape index (κ3) is 5.77. The van der Waals surface area contributed by atoms with Crippen LogP contribution >= 0.6 is 0 Å². The van der Waals surface area contributed by atoms with Crippen LogP contribution in [0, 0.1) is 20.2 Å². The van der Waals surface area contributed by atoms with Gasteiger partial charge in [-0.3, -0.25) is 29.3 Å². The van der Waals surface area contributed by atoms with Crippen molar-refractivity contribution in [3.05, 3.63) is 105 Å². The largest absolute Gasteiger partial charge is 0.271 e. The van der Waals surface area contributed by atoms with E-state index < -0.39 is 32.3 Å². The van der Waals surface area contributed by atoms with Crippen LogP contribution in [0.25, 0.3) is 0 Å². The van der Waals surface area contributed by atoms with Crippen LogP contribution in [0.5, 0.6) is 0 Å². The number of sulfonamides is 1. The first-order valence-corrected chi connectivity index (χ1v) is 11.0. The number of nitrogens with zero attached hydrogens (tertiary/aromatic N) is 4. The zero-order chi connectivity index (χ0) is 24.7. The van der Waals surface area contributed by atoms with Crippen LogP contribution in [-0.2, 0) is 14.8 Å². The molecule has 0 saturated heterocycles. The van der Waals surface area contributed by atoms with Gasteiger partial charge >= 0.3 is 0 Å². The van der Waals surface area contributed by atoms with Gasteiger partial charge in [-0.15, -0.1) is 0 Å². The normalized spacial score (nSPS) is 11.2. The topological polar surface area (TPSA) is 165 Å². The molecule has 12 nitrogen and oxygen atoms in total. The number of anilines is 1. The molecule has 3 aromatic carbocycles. The van der Waals surface area contributed by atoms with Crippen molar-refractivity contribution in [3.8, 4) is 0 Å². The van der Waals surface area contributed by atoms with E-state index in [1.54, 1.807) is 6.07 Å². The van der Waals surface area contributed by atoms with E-state index in [1.165, 1.54) is 66.9 Å². The number of nitro groups is 2. The van der Waals surface area contributed by atoms with Crippen LogP contribution in [0.4, 0.5) is 17.1 Å². The summed E-state index contributed by atoms with van der Waals surface area (Å²) in [7, 11) is -4.19. The SMILES string of the molecule is O=C(CN(c1ccc([N+](=O)[O-])cc1)S(=O)(=O)c1ccccc1)N/N=C\c1ccc([N+](=O)[O-])cc1. The average Bonchev–Trinajstić information content (AvgIpc) is 2.83. The van der Waals surface area contributed by atoms with Gasteiger partial charge in [0.25, 0.3) is 27.3 Å². The lowest BCUT2D eigenvalue weighted by atomic mass is 10.2. The molecule has 0 heterocycles. The number of amides is 1. The molecule has 3 aromatic rings. The van der Waals surface area contributed by atoms with Gasteiger partial charge in [0.1, 0.15) is 6.54 Å². The first-order valence-electron chi connectivity index (χ1n) is 9.57. The van der Waals surface area contributed by atoms with Crippen molar-refractivity contribution >= 4 is 39.2 Å². The summed E-state index contributed by atoms with van der Waals surface area (Å²) in [5, 5.41) is 25.4. The molecule has 0 unspecified atom stereocenters. The number of nitrogens with one attached hydrogen (secondary N) is 1. The van der Waals surface area contributed by atoms with Gasteiger partial charge in [-0.25, -0.2) is 13.8 Å². The molecule has 34 heavy (non-hydrogen) atoms. The summed E-state index contributed by atoms with van der Waals surface area (Å²) >= 11 is 0. The van der Waals surface area contributed by atoms with E-state index in [1.807, 2.05) is 0 Å². The van der Waals surface area contributed by atoms with Crippen molar-refractivity contribution in [1.29, 1.82) is 0 Å². The third-order valence-corrected chi connectivity index (χ3v) is 6.26.